The Morgan fingerprint density at radius 2 is 1.90 bits per heavy atom. The smallest absolute Gasteiger partial charge is 0.273 e. The van der Waals surface area contributed by atoms with Crippen molar-refractivity contribution in [1.29, 1.82) is 0 Å². The van der Waals surface area contributed by atoms with E-state index in [0.29, 0.717) is 18.8 Å². The molecule has 8 heteroatoms. The number of benzene rings is 1. The Labute approximate surface area is 191 Å². The fourth-order valence-corrected chi connectivity index (χ4v) is 4.54. The molecule has 4 rings (SSSR count). The first-order valence-corrected chi connectivity index (χ1v) is 11.6. The number of nitrogens with zero attached hydrogens (tertiary/aromatic N) is 6. The summed E-state index contributed by atoms with van der Waals surface area (Å²) in [7, 11) is 0. The second-order valence-corrected chi connectivity index (χ2v) is 8.74. The van der Waals surface area contributed by atoms with Crippen molar-refractivity contribution < 1.29 is 4.79 Å². The van der Waals surface area contributed by atoms with Gasteiger partial charge >= 0.3 is 0 Å². The Morgan fingerprint density at radius 1 is 1.10 bits per heavy atom. The lowest BCUT2D eigenvalue weighted by molar-refractivity contribution is 0.0747. The second-order valence-electron chi connectivity index (χ2n) is 7.94. The number of rotatable bonds is 6. The van der Waals surface area contributed by atoms with E-state index in [-0.39, 0.29) is 5.91 Å². The van der Waals surface area contributed by atoms with Gasteiger partial charge in [-0.2, -0.15) is 5.10 Å². The molecule has 1 fully saturated rings. The number of carbonyl (C=O) groups excluding carboxylic acids is 1. The molecule has 2 aromatic heterocycles. The molecule has 7 nitrogen and oxygen atoms in total. The highest BCUT2D eigenvalue weighted by molar-refractivity contribution is 9.10. The van der Waals surface area contributed by atoms with Crippen molar-refractivity contribution in [3.8, 4) is 0 Å². The maximum Gasteiger partial charge on any atom is 0.273 e. The lowest BCUT2D eigenvalue weighted by atomic mass is 10.2. The number of imidazole rings is 1. The van der Waals surface area contributed by atoms with Gasteiger partial charge in [0.2, 0.25) is 0 Å². The van der Waals surface area contributed by atoms with Crippen LogP contribution in [0.3, 0.4) is 0 Å². The molecule has 0 radical (unpaired) electrons. The maximum absolute atomic E-state index is 13.2. The van der Waals surface area contributed by atoms with Gasteiger partial charge in [-0.05, 0) is 41.8 Å². The molecule has 0 unspecified atom stereocenters. The van der Waals surface area contributed by atoms with E-state index in [4.69, 9.17) is 0 Å². The highest BCUT2D eigenvalue weighted by Gasteiger charge is 2.26. The Balaban J connectivity index is 1.40. The highest BCUT2D eigenvalue weighted by atomic mass is 79.9. The molecular formula is C23H29BrN6O. The van der Waals surface area contributed by atoms with Gasteiger partial charge in [0.15, 0.2) is 0 Å². The summed E-state index contributed by atoms with van der Waals surface area (Å²) >= 11 is 3.56. The molecule has 0 saturated carbocycles. The third-order valence-electron chi connectivity index (χ3n) is 5.79. The number of hydrogen-bond acceptors (Lipinski definition) is 4. The lowest BCUT2D eigenvalue weighted by Crippen LogP contribution is -2.36. The fraction of sp³-hybridized carbons (Fsp3) is 0.435. The molecule has 0 N–H and O–H groups in total. The van der Waals surface area contributed by atoms with Crippen molar-refractivity contribution in [1.82, 2.24) is 29.1 Å². The topological polar surface area (TPSA) is 59.2 Å². The van der Waals surface area contributed by atoms with Crippen LogP contribution in [0, 0.1) is 6.92 Å². The van der Waals surface area contributed by atoms with Gasteiger partial charge in [-0.1, -0.05) is 30.3 Å². The van der Waals surface area contributed by atoms with E-state index in [9.17, 15) is 4.79 Å². The summed E-state index contributed by atoms with van der Waals surface area (Å²) < 4.78 is 4.82. The molecule has 3 aromatic rings. The molecule has 31 heavy (non-hydrogen) atoms. The number of amides is 1. The van der Waals surface area contributed by atoms with E-state index in [2.05, 4.69) is 59.7 Å². The van der Waals surface area contributed by atoms with Gasteiger partial charge in [-0.15, -0.1) is 0 Å². The standard InChI is InChI=1S/C23H29BrN6O/c1-3-30-22(21(24)18(2)26-30)23(31)28-12-7-11-27(14-15-28)17-20-25-10-13-29(20)16-19-8-5-4-6-9-19/h4-6,8-10,13H,3,7,11-12,14-17H2,1-2H3. The molecule has 164 valence electrons. The predicted octanol–water partition coefficient (Wildman–Crippen LogP) is 3.57. The Bertz CT molecular complexity index is 1030. The first kappa shape index (κ1) is 21.8. The van der Waals surface area contributed by atoms with Gasteiger partial charge in [-0.3, -0.25) is 14.4 Å². The summed E-state index contributed by atoms with van der Waals surface area (Å²) in [5, 5.41) is 4.48. The van der Waals surface area contributed by atoms with E-state index in [1.54, 1.807) is 4.68 Å². The first-order valence-electron chi connectivity index (χ1n) is 10.8. The summed E-state index contributed by atoms with van der Waals surface area (Å²) in [4.78, 5) is 22.2. The molecule has 1 aromatic carbocycles. The quantitative estimate of drug-likeness (QED) is 0.536. The minimum atomic E-state index is 0.0572. The van der Waals surface area contributed by atoms with Crippen LogP contribution in [0.5, 0.6) is 0 Å². The van der Waals surface area contributed by atoms with E-state index >= 15 is 0 Å². The van der Waals surface area contributed by atoms with E-state index in [1.165, 1.54) is 5.56 Å². The van der Waals surface area contributed by atoms with Crippen molar-refractivity contribution in [3.63, 3.8) is 0 Å². The van der Waals surface area contributed by atoms with Gasteiger partial charge < -0.3 is 9.47 Å². The monoisotopic (exact) mass is 484 g/mol. The SMILES string of the molecule is CCn1nc(C)c(Br)c1C(=O)N1CCCN(Cc2nccn2Cc2ccccc2)CC1. The molecule has 1 aliphatic heterocycles. The van der Waals surface area contributed by atoms with Crippen LogP contribution >= 0.6 is 15.9 Å². The van der Waals surface area contributed by atoms with E-state index in [0.717, 1.165) is 55.1 Å². The van der Waals surface area contributed by atoms with Gasteiger partial charge in [0, 0.05) is 51.7 Å². The molecule has 0 atom stereocenters. The summed E-state index contributed by atoms with van der Waals surface area (Å²) in [6.45, 7) is 9.48. The largest absolute Gasteiger partial charge is 0.336 e. The summed E-state index contributed by atoms with van der Waals surface area (Å²) in [6.07, 6.45) is 4.86. The summed E-state index contributed by atoms with van der Waals surface area (Å²) in [6, 6.07) is 10.4. The summed E-state index contributed by atoms with van der Waals surface area (Å²) in [5.74, 6) is 1.12. The van der Waals surface area contributed by atoms with Crippen LogP contribution in [0.4, 0.5) is 0 Å². The average Bonchev–Trinajstić information content (AvgIpc) is 3.23. The maximum atomic E-state index is 13.2. The molecule has 1 aliphatic rings. The summed E-state index contributed by atoms with van der Waals surface area (Å²) in [5.41, 5.74) is 2.78. The predicted molar refractivity (Wildman–Crippen MR) is 124 cm³/mol. The molecule has 0 bridgehead atoms. The molecule has 3 heterocycles. The van der Waals surface area contributed by atoms with E-state index in [1.807, 2.05) is 37.2 Å². The van der Waals surface area contributed by atoms with Crippen LogP contribution in [0.15, 0.2) is 47.2 Å². The van der Waals surface area contributed by atoms with Gasteiger partial charge in [0.1, 0.15) is 11.5 Å². The Morgan fingerprint density at radius 3 is 2.68 bits per heavy atom. The van der Waals surface area contributed by atoms with Crippen molar-refractivity contribution in [2.24, 2.45) is 0 Å². The van der Waals surface area contributed by atoms with Crippen LogP contribution in [0.25, 0.3) is 0 Å². The van der Waals surface area contributed by atoms with Crippen molar-refractivity contribution in [3.05, 3.63) is 70.0 Å². The lowest BCUT2D eigenvalue weighted by Gasteiger charge is -2.22. The zero-order chi connectivity index (χ0) is 21.8. The van der Waals surface area contributed by atoms with E-state index < -0.39 is 0 Å². The molecule has 1 amide bonds. The van der Waals surface area contributed by atoms with Crippen molar-refractivity contribution in [2.75, 3.05) is 26.2 Å². The van der Waals surface area contributed by atoms with Crippen LogP contribution in [-0.2, 0) is 19.6 Å². The molecule has 1 saturated heterocycles. The van der Waals surface area contributed by atoms with Crippen LogP contribution in [0.1, 0.15) is 40.9 Å². The number of carbonyl (C=O) groups is 1. The zero-order valence-electron chi connectivity index (χ0n) is 18.2. The molecular weight excluding hydrogens is 456 g/mol. The molecule has 0 spiro atoms. The highest BCUT2D eigenvalue weighted by Crippen LogP contribution is 2.23. The third-order valence-corrected chi connectivity index (χ3v) is 6.74. The fourth-order valence-electron chi connectivity index (χ4n) is 4.09. The minimum Gasteiger partial charge on any atom is -0.336 e. The van der Waals surface area contributed by atoms with Crippen LogP contribution < -0.4 is 0 Å². The average molecular weight is 485 g/mol. The number of hydrogen-bond donors (Lipinski definition) is 0. The van der Waals surface area contributed by atoms with Gasteiger partial charge in [0.25, 0.3) is 5.91 Å². The van der Waals surface area contributed by atoms with Crippen LogP contribution in [0.2, 0.25) is 0 Å². The molecule has 0 aliphatic carbocycles. The van der Waals surface area contributed by atoms with Gasteiger partial charge in [0.05, 0.1) is 16.7 Å². The van der Waals surface area contributed by atoms with Crippen LogP contribution in [-0.4, -0.2) is 61.2 Å². The minimum absolute atomic E-state index is 0.0572. The Hall–Kier alpha value is -2.45. The second kappa shape index (κ2) is 9.78. The van der Waals surface area contributed by atoms with Crippen molar-refractivity contribution in [2.45, 2.75) is 39.9 Å². The third kappa shape index (κ3) is 4.91. The number of aromatic nitrogens is 4. The Kier molecular flexibility index (Phi) is 6.87. The normalized spacial score (nSPS) is 15.3. The zero-order valence-corrected chi connectivity index (χ0v) is 19.8. The number of halogens is 1. The first-order chi connectivity index (χ1) is 15.1. The van der Waals surface area contributed by atoms with Gasteiger partial charge in [-0.25, -0.2) is 4.98 Å². The number of aryl methyl sites for hydroxylation is 2. The van der Waals surface area contributed by atoms with Crippen molar-refractivity contribution >= 4 is 21.8 Å².